The zero-order valence-corrected chi connectivity index (χ0v) is 13.6. The van der Waals surface area contributed by atoms with Crippen molar-refractivity contribution in [2.75, 3.05) is 25.5 Å². The molecule has 1 aliphatic rings. The van der Waals surface area contributed by atoms with Gasteiger partial charge in [0.2, 0.25) is 0 Å². The summed E-state index contributed by atoms with van der Waals surface area (Å²) < 4.78 is 5.21. The number of ether oxygens (including phenoxy) is 1. The average molecular weight is 312 g/mol. The Hall–Kier alpha value is -2.14. The van der Waals surface area contributed by atoms with Crippen molar-refractivity contribution in [2.24, 2.45) is 5.73 Å². The van der Waals surface area contributed by atoms with Gasteiger partial charge in [-0.1, -0.05) is 6.42 Å². The third-order valence-electron chi connectivity index (χ3n) is 4.35. The van der Waals surface area contributed by atoms with Crippen LogP contribution in [-0.4, -0.2) is 30.2 Å². The molecule has 0 unspecified atom stereocenters. The lowest BCUT2D eigenvalue weighted by Gasteiger charge is -2.27. The first kappa shape index (κ1) is 15.7. The van der Waals surface area contributed by atoms with Gasteiger partial charge in [0.15, 0.2) is 5.82 Å². The Bertz CT molecular complexity index is 638. The molecule has 1 fully saturated rings. The molecular formula is C18H24N4O. The van der Waals surface area contributed by atoms with Crippen LogP contribution in [0.4, 0.5) is 5.69 Å². The number of hydrogen-bond donors (Lipinski definition) is 2. The highest BCUT2D eigenvalue weighted by atomic mass is 16.5. The molecule has 3 N–H and O–H groups in total. The van der Waals surface area contributed by atoms with Gasteiger partial charge in [-0.2, -0.15) is 0 Å². The van der Waals surface area contributed by atoms with Crippen molar-refractivity contribution in [1.82, 2.24) is 9.97 Å². The molecule has 122 valence electrons. The van der Waals surface area contributed by atoms with Crippen LogP contribution in [0.25, 0.3) is 11.4 Å². The number of benzene rings is 1. The quantitative estimate of drug-likeness (QED) is 0.768. The van der Waals surface area contributed by atoms with Crippen molar-refractivity contribution in [3.05, 3.63) is 36.2 Å². The molecular weight excluding hydrogens is 288 g/mol. The van der Waals surface area contributed by atoms with Crippen LogP contribution >= 0.6 is 0 Å². The Kier molecular flexibility index (Phi) is 5.08. The van der Waals surface area contributed by atoms with E-state index in [-0.39, 0.29) is 0 Å². The van der Waals surface area contributed by atoms with Gasteiger partial charge in [0, 0.05) is 18.0 Å². The topological polar surface area (TPSA) is 73.1 Å². The summed E-state index contributed by atoms with van der Waals surface area (Å²) in [5, 5.41) is 3.44. The molecule has 1 aromatic carbocycles. The molecule has 0 amide bonds. The van der Waals surface area contributed by atoms with E-state index in [4.69, 9.17) is 15.5 Å². The SMILES string of the molecule is COc1ccc(-c2ncc(NCCCN)c(C3CCC3)n2)cc1. The van der Waals surface area contributed by atoms with E-state index in [1.54, 1.807) is 7.11 Å². The number of nitrogens with one attached hydrogen (secondary N) is 1. The van der Waals surface area contributed by atoms with Gasteiger partial charge in [-0.05, 0) is 50.1 Å². The summed E-state index contributed by atoms with van der Waals surface area (Å²) in [6.45, 7) is 1.55. The van der Waals surface area contributed by atoms with Crippen molar-refractivity contribution in [2.45, 2.75) is 31.6 Å². The van der Waals surface area contributed by atoms with Crippen LogP contribution < -0.4 is 15.8 Å². The molecule has 1 heterocycles. The summed E-state index contributed by atoms with van der Waals surface area (Å²) in [6, 6.07) is 7.88. The normalized spacial score (nSPS) is 14.3. The molecule has 5 nitrogen and oxygen atoms in total. The first-order valence-electron chi connectivity index (χ1n) is 8.27. The number of anilines is 1. The van der Waals surface area contributed by atoms with Gasteiger partial charge in [-0.3, -0.25) is 0 Å². The van der Waals surface area contributed by atoms with E-state index in [0.29, 0.717) is 12.5 Å². The van der Waals surface area contributed by atoms with Gasteiger partial charge in [0.05, 0.1) is 24.7 Å². The number of nitrogens with two attached hydrogens (primary N) is 1. The summed E-state index contributed by atoms with van der Waals surface area (Å²) in [4.78, 5) is 9.39. The van der Waals surface area contributed by atoms with Crippen LogP contribution in [0.1, 0.15) is 37.3 Å². The largest absolute Gasteiger partial charge is 0.497 e. The van der Waals surface area contributed by atoms with E-state index in [0.717, 1.165) is 41.5 Å². The minimum Gasteiger partial charge on any atom is -0.497 e. The maximum absolute atomic E-state index is 5.57. The predicted molar refractivity (Wildman–Crippen MR) is 92.8 cm³/mol. The van der Waals surface area contributed by atoms with Gasteiger partial charge in [0.25, 0.3) is 0 Å². The van der Waals surface area contributed by atoms with E-state index in [2.05, 4.69) is 10.3 Å². The fraction of sp³-hybridized carbons (Fsp3) is 0.444. The highest BCUT2D eigenvalue weighted by molar-refractivity contribution is 5.59. The van der Waals surface area contributed by atoms with Gasteiger partial charge in [0.1, 0.15) is 5.75 Å². The minimum atomic E-state index is 0.551. The second-order valence-electron chi connectivity index (χ2n) is 5.92. The van der Waals surface area contributed by atoms with E-state index >= 15 is 0 Å². The van der Waals surface area contributed by atoms with Crippen LogP contribution in [0.15, 0.2) is 30.5 Å². The summed E-state index contributed by atoms with van der Waals surface area (Å²) in [6.07, 6.45) is 6.57. The van der Waals surface area contributed by atoms with Crippen LogP contribution in [0.3, 0.4) is 0 Å². The third-order valence-corrected chi connectivity index (χ3v) is 4.35. The van der Waals surface area contributed by atoms with Crippen molar-refractivity contribution < 1.29 is 4.74 Å². The second-order valence-corrected chi connectivity index (χ2v) is 5.92. The Morgan fingerprint density at radius 1 is 1.26 bits per heavy atom. The van der Waals surface area contributed by atoms with Gasteiger partial charge in [-0.25, -0.2) is 9.97 Å². The molecule has 0 radical (unpaired) electrons. The Balaban J connectivity index is 1.86. The lowest BCUT2D eigenvalue weighted by molar-refractivity contribution is 0.412. The van der Waals surface area contributed by atoms with E-state index in [1.807, 2.05) is 30.5 Å². The molecule has 2 aromatic rings. The van der Waals surface area contributed by atoms with Crippen LogP contribution in [0.2, 0.25) is 0 Å². The highest BCUT2D eigenvalue weighted by Crippen LogP contribution is 2.39. The zero-order valence-electron chi connectivity index (χ0n) is 13.6. The lowest BCUT2D eigenvalue weighted by atomic mass is 9.82. The third kappa shape index (κ3) is 3.62. The Morgan fingerprint density at radius 2 is 2.04 bits per heavy atom. The van der Waals surface area contributed by atoms with Crippen molar-refractivity contribution in [3.63, 3.8) is 0 Å². The number of hydrogen-bond acceptors (Lipinski definition) is 5. The molecule has 5 heteroatoms. The number of rotatable bonds is 7. The maximum Gasteiger partial charge on any atom is 0.159 e. The van der Waals surface area contributed by atoms with Crippen molar-refractivity contribution >= 4 is 5.69 Å². The molecule has 3 rings (SSSR count). The molecule has 0 bridgehead atoms. The molecule has 1 saturated carbocycles. The Labute approximate surface area is 137 Å². The lowest BCUT2D eigenvalue weighted by Crippen LogP contribution is -2.16. The van der Waals surface area contributed by atoms with Gasteiger partial charge < -0.3 is 15.8 Å². The van der Waals surface area contributed by atoms with Crippen molar-refractivity contribution in [1.29, 1.82) is 0 Å². The average Bonchev–Trinajstić information content (AvgIpc) is 2.55. The minimum absolute atomic E-state index is 0.551. The first-order chi connectivity index (χ1) is 11.3. The first-order valence-corrected chi connectivity index (χ1v) is 8.27. The molecule has 0 atom stereocenters. The van der Waals surface area contributed by atoms with Crippen LogP contribution in [0.5, 0.6) is 5.75 Å². The fourth-order valence-corrected chi connectivity index (χ4v) is 2.73. The molecule has 1 aromatic heterocycles. The summed E-state index contributed by atoms with van der Waals surface area (Å²) in [5.74, 6) is 2.17. The summed E-state index contributed by atoms with van der Waals surface area (Å²) >= 11 is 0. The molecule has 1 aliphatic carbocycles. The van der Waals surface area contributed by atoms with Gasteiger partial charge >= 0.3 is 0 Å². The fourth-order valence-electron chi connectivity index (χ4n) is 2.73. The molecule has 0 aliphatic heterocycles. The number of aromatic nitrogens is 2. The highest BCUT2D eigenvalue weighted by Gasteiger charge is 2.24. The molecule has 23 heavy (non-hydrogen) atoms. The number of methoxy groups -OCH3 is 1. The summed E-state index contributed by atoms with van der Waals surface area (Å²) in [5.41, 5.74) is 8.79. The summed E-state index contributed by atoms with van der Waals surface area (Å²) in [7, 11) is 1.67. The predicted octanol–water partition coefficient (Wildman–Crippen LogP) is 3.18. The zero-order chi connectivity index (χ0) is 16.1. The Morgan fingerprint density at radius 3 is 2.65 bits per heavy atom. The molecule has 0 saturated heterocycles. The standard InChI is InChI=1S/C18H24N4O/c1-23-15-8-6-14(7-9-15)18-21-12-16(20-11-3-10-19)17(22-18)13-4-2-5-13/h6-9,12-13,20H,2-5,10-11,19H2,1H3. The smallest absolute Gasteiger partial charge is 0.159 e. The maximum atomic E-state index is 5.57. The monoisotopic (exact) mass is 312 g/mol. The van der Waals surface area contributed by atoms with E-state index < -0.39 is 0 Å². The second kappa shape index (κ2) is 7.42. The van der Waals surface area contributed by atoms with Gasteiger partial charge in [-0.15, -0.1) is 0 Å². The van der Waals surface area contributed by atoms with E-state index in [1.165, 1.54) is 19.3 Å². The van der Waals surface area contributed by atoms with Crippen LogP contribution in [0, 0.1) is 0 Å². The molecule has 0 spiro atoms. The number of nitrogens with zero attached hydrogens (tertiary/aromatic N) is 2. The van der Waals surface area contributed by atoms with Crippen molar-refractivity contribution in [3.8, 4) is 17.1 Å². The van der Waals surface area contributed by atoms with Crippen LogP contribution in [-0.2, 0) is 0 Å². The van der Waals surface area contributed by atoms with E-state index in [9.17, 15) is 0 Å².